The summed E-state index contributed by atoms with van der Waals surface area (Å²) in [6, 6.07) is 5.61. The number of rotatable bonds is 2. The first kappa shape index (κ1) is 11.8. The summed E-state index contributed by atoms with van der Waals surface area (Å²) in [5.74, 6) is -0.582. The predicted molar refractivity (Wildman–Crippen MR) is 68.5 cm³/mol. The van der Waals surface area contributed by atoms with E-state index >= 15 is 0 Å². The fraction of sp³-hybridized carbons (Fsp3) is 0.167. The van der Waals surface area contributed by atoms with Crippen molar-refractivity contribution in [3.05, 3.63) is 39.4 Å². The van der Waals surface area contributed by atoms with Crippen LogP contribution in [0.1, 0.15) is 5.56 Å². The van der Waals surface area contributed by atoms with Gasteiger partial charge in [0.25, 0.3) is 0 Å². The van der Waals surface area contributed by atoms with Crippen molar-refractivity contribution in [3.63, 3.8) is 0 Å². The Bertz CT molecular complexity index is 633. The highest BCUT2D eigenvalue weighted by atomic mass is 32.1. The first-order valence-corrected chi connectivity index (χ1v) is 5.92. The summed E-state index contributed by atoms with van der Waals surface area (Å²) in [4.78, 5) is 23.1. The quantitative estimate of drug-likeness (QED) is 0.847. The average Bonchev–Trinajstić information content (AvgIpc) is 2.33. The Morgan fingerprint density at radius 3 is 2.94 bits per heavy atom. The smallest absolute Gasteiger partial charge is 0.250 e. The van der Waals surface area contributed by atoms with E-state index in [0.29, 0.717) is 5.39 Å². The van der Waals surface area contributed by atoms with Crippen LogP contribution in [0.25, 0.3) is 10.1 Å². The fourth-order valence-electron chi connectivity index (χ4n) is 1.52. The molecule has 0 saturated heterocycles. The molecule has 0 aliphatic rings. The van der Waals surface area contributed by atoms with Crippen LogP contribution in [-0.4, -0.2) is 17.6 Å². The first-order valence-electron chi connectivity index (χ1n) is 5.04. The standard InChI is InChI=1S/C12H11NO3S/c1-7-2-3-10-8(4-7)12(16)9(6-17-10)13-11(15)5-14/h2-4,6,14H,5H2,1H3,(H,13,15). The van der Waals surface area contributed by atoms with E-state index in [1.807, 2.05) is 19.1 Å². The zero-order chi connectivity index (χ0) is 12.4. The molecule has 0 saturated carbocycles. The van der Waals surface area contributed by atoms with E-state index in [1.165, 1.54) is 11.3 Å². The summed E-state index contributed by atoms with van der Waals surface area (Å²) < 4.78 is 0.877. The third-order valence-electron chi connectivity index (χ3n) is 2.35. The zero-order valence-electron chi connectivity index (χ0n) is 9.19. The summed E-state index contributed by atoms with van der Waals surface area (Å²) in [7, 11) is 0. The molecule has 0 atom stereocenters. The molecule has 88 valence electrons. The SMILES string of the molecule is Cc1ccc2scc(NC(=O)CO)c(=O)c2c1. The van der Waals surface area contributed by atoms with Gasteiger partial charge < -0.3 is 10.4 Å². The van der Waals surface area contributed by atoms with Gasteiger partial charge in [-0.15, -0.1) is 11.3 Å². The number of aryl methyl sites for hydroxylation is 1. The minimum Gasteiger partial charge on any atom is -0.387 e. The fourth-order valence-corrected chi connectivity index (χ4v) is 2.36. The monoisotopic (exact) mass is 249 g/mol. The molecular formula is C12H11NO3S. The molecule has 0 fully saturated rings. The van der Waals surface area contributed by atoms with E-state index in [2.05, 4.69) is 5.32 Å². The maximum Gasteiger partial charge on any atom is 0.250 e. The first-order chi connectivity index (χ1) is 8.11. The number of carbonyl (C=O) groups excluding carboxylic acids is 1. The van der Waals surface area contributed by atoms with Crippen molar-refractivity contribution >= 4 is 33.0 Å². The summed E-state index contributed by atoms with van der Waals surface area (Å²) in [5, 5.41) is 13.2. The second-order valence-corrected chi connectivity index (χ2v) is 4.60. The van der Waals surface area contributed by atoms with E-state index < -0.39 is 12.5 Å². The molecule has 1 heterocycles. The van der Waals surface area contributed by atoms with Crippen LogP contribution in [0.5, 0.6) is 0 Å². The Labute approximate surface area is 102 Å². The number of hydrogen-bond acceptors (Lipinski definition) is 4. The van der Waals surface area contributed by atoms with Gasteiger partial charge in [0.2, 0.25) is 11.3 Å². The van der Waals surface area contributed by atoms with E-state index in [0.717, 1.165) is 10.3 Å². The molecule has 1 aromatic heterocycles. The van der Waals surface area contributed by atoms with Crippen LogP contribution in [0.15, 0.2) is 28.4 Å². The van der Waals surface area contributed by atoms with Gasteiger partial charge in [0.1, 0.15) is 6.61 Å². The lowest BCUT2D eigenvalue weighted by atomic mass is 10.2. The van der Waals surface area contributed by atoms with Gasteiger partial charge in [-0.25, -0.2) is 0 Å². The van der Waals surface area contributed by atoms with Crippen LogP contribution >= 0.6 is 11.3 Å². The van der Waals surface area contributed by atoms with Crippen LogP contribution in [0, 0.1) is 6.92 Å². The summed E-state index contributed by atoms with van der Waals surface area (Å²) in [5.41, 5.74) is 0.990. The van der Waals surface area contributed by atoms with Gasteiger partial charge in [0.15, 0.2) is 0 Å². The molecule has 0 bridgehead atoms. The third kappa shape index (κ3) is 2.35. The molecule has 0 spiro atoms. The summed E-state index contributed by atoms with van der Waals surface area (Å²) in [6.45, 7) is 1.28. The summed E-state index contributed by atoms with van der Waals surface area (Å²) in [6.07, 6.45) is 0. The molecule has 2 aromatic rings. The molecule has 1 amide bonds. The number of nitrogens with one attached hydrogen (secondary N) is 1. The Hall–Kier alpha value is -1.72. The van der Waals surface area contributed by atoms with Crippen LogP contribution in [-0.2, 0) is 4.79 Å². The minimum atomic E-state index is -0.629. The normalized spacial score (nSPS) is 10.5. The Morgan fingerprint density at radius 2 is 2.24 bits per heavy atom. The number of fused-ring (bicyclic) bond motifs is 1. The van der Waals surface area contributed by atoms with E-state index in [4.69, 9.17) is 5.11 Å². The number of benzene rings is 1. The number of anilines is 1. The van der Waals surface area contributed by atoms with E-state index in [9.17, 15) is 9.59 Å². The van der Waals surface area contributed by atoms with Crippen LogP contribution < -0.4 is 10.7 Å². The molecule has 2 rings (SSSR count). The van der Waals surface area contributed by atoms with Gasteiger partial charge >= 0.3 is 0 Å². The lowest BCUT2D eigenvalue weighted by molar-refractivity contribution is -0.118. The molecule has 0 unspecified atom stereocenters. The number of carbonyl (C=O) groups is 1. The molecule has 5 heteroatoms. The van der Waals surface area contributed by atoms with Crippen molar-refractivity contribution in [2.45, 2.75) is 6.92 Å². The molecule has 1 aromatic carbocycles. The van der Waals surface area contributed by atoms with Gasteiger partial charge in [-0.1, -0.05) is 11.6 Å². The minimum absolute atomic E-state index is 0.215. The topological polar surface area (TPSA) is 66.4 Å². The molecule has 0 aliphatic heterocycles. The highest BCUT2D eigenvalue weighted by molar-refractivity contribution is 7.16. The largest absolute Gasteiger partial charge is 0.387 e. The molecule has 0 radical (unpaired) electrons. The highest BCUT2D eigenvalue weighted by Crippen LogP contribution is 2.20. The van der Waals surface area contributed by atoms with Crippen LogP contribution in [0.3, 0.4) is 0 Å². The Balaban J connectivity index is 2.57. The maximum atomic E-state index is 12.0. The lowest BCUT2D eigenvalue weighted by Crippen LogP contribution is -2.20. The zero-order valence-corrected chi connectivity index (χ0v) is 10.0. The van der Waals surface area contributed by atoms with E-state index in [-0.39, 0.29) is 11.1 Å². The van der Waals surface area contributed by atoms with Gasteiger partial charge in [-0.05, 0) is 19.1 Å². The van der Waals surface area contributed by atoms with Crippen molar-refractivity contribution < 1.29 is 9.90 Å². The van der Waals surface area contributed by atoms with Crippen molar-refractivity contribution in [2.24, 2.45) is 0 Å². The van der Waals surface area contributed by atoms with Crippen molar-refractivity contribution in [1.82, 2.24) is 0 Å². The number of amides is 1. The van der Waals surface area contributed by atoms with Crippen LogP contribution in [0.4, 0.5) is 5.69 Å². The third-order valence-corrected chi connectivity index (χ3v) is 3.31. The van der Waals surface area contributed by atoms with Gasteiger partial charge in [-0.2, -0.15) is 0 Å². The van der Waals surface area contributed by atoms with Crippen molar-refractivity contribution in [3.8, 4) is 0 Å². The Kier molecular flexibility index (Phi) is 3.21. The summed E-state index contributed by atoms with van der Waals surface area (Å²) >= 11 is 1.38. The molecule has 2 N–H and O–H groups in total. The molecule has 17 heavy (non-hydrogen) atoms. The van der Waals surface area contributed by atoms with Crippen molar-refractivity contribution in [2.75, 3.05) is 11.9 Å². The molecule has 0 aliphatic carbocycles. The molecular weight excluding hydrogens is 238 g/mol. The number of hydrogen-bond donors (Lipinski definition) is 2. The van der Waals surface area contributed by atoms with E-state index in [1.54, 1.807) is 11.4 Å². The van der Waals surface area contributed by atoms with Gasteiger partial charge in [-0.3, -0.25) is 9.59 Å². The number of aliphatic hydroxyl groups excluding tert-OH is 1. The van der Waals surface area contributed by atoms with Crippen LogP contribution in [0.2, 0.25) is 0 Å². The van der Waals surface area contributed by atoms with Crippen molar-refractivity contribution in [1.29, 1.82) is 0 Å². The maximum absolute atomic E-state index is 12.0. The Morgan fingerprint density at radius 1 is 1.47 bits per heavy atom. The second-order valence-electron chi connectivity index (χ2n) is 3.68. The average molecular weight is 249 g/mol. The number of aliphatic hydroxyl groups is 1. The van der Waals surface area contributed by atoms with Gasteiger partial charge in [0.05, 0.1) is 5.69 Å². The van der Waals surface area contributed by atoms with Gasteiger partial charge in [0, 0.05) is 15.5 Å². The highest BCUT2D eigenvalue weighted by Gasteiger charge is 2.08. The lowest BCUT2D eigenvalue weighted by Gasteiger charge is -2.04. The second kappa shape index (κ2) is 4.65. The predicted octanol–water partition coefficient (Wildman–Crippen LogP) is 1.50. The molecule has 4 nitrogen and oxygen atoms in total.